The molecule has 3 nitrogen and oxygen atoms in total. The second-order valence-corrected chi connectivity index (χ2v) is 5.71. The number of nitrogens with zero attached hydrogens (tertiary/aromatic N) is 1. The topological polar surface area (TPSA) is 36.4 Å². The van der Waals surface area contributed by atoms with Gasteiger partial charge in [-0.2, -0.15) is 13.2 Å². The average molecular weight is 277 g/mol. The van der Waals surface area contributed by atoms with Crippen LogP contribution in [0.5, 0.6) is 0 Å². The summed E-state index contributed by atoms with van der Waals surface area (Å²) in [6, 6.07) is 0. The van der Waals surface area contributed by atoms with E-state index in [0.717, 1.165) is 12.5 Å². The van der Waals surface area contributed by atoms with Crippen LogP contribution in [0.3, 0.4) is 0 Å². The summed E-state index contributed by atoms with van der Waals surface area (Å²) in [5, 5.41) is 5.92. The van der Waals surface area contributed by atoms with Gasteiger partial charge in [-0.1, -0.05) is 6.42 Å². The van der Waals surface area contributed by atoms with Gasteiger partial charge in [0.25, 0.3) is 0 Å². The van der Waals surface area contributed by atoms with Crippen LogP contribution >= 0.6 is 0 Å². The first kappa shape index (κ1) is 14.5. The first-order valence-electron chi connectivity index (χ1n) is 6.96. The summed E-state index contributed by atoms with van der Waals surface area (Å²) in [5.74, 6) is 1.30. The summed E-state index contributed by atoms with van der Waals surface area (Å²) >= 11 is 0. The predicted octanol–water partition coefficient (Wildman–Crippen LogP) is 2.68. The molecule has 2 saturated carbocycles. The largest absolute Gasteiger partial charge is 0.390 e. The maximum atomic E-state index is 12.1. The van der Waals surface area contributed by atoms with E-state index in [2.05, 4.69) is 15.6 Å². The van der Waals surface area contributed by atoms with Crippen molar-refractivity contribution in [3.63, 3.8) is 0 Å². The Hall–Kier alpha value is -0.940. The molecule has 2 aliphatic carbocycles. The summed E-state index contributed by atoms with van der Waals surface area (Å²) in [5.41, 5.74) is 0.391. The monoisotopic (exact) mass is 277 g/mol. The van der Waals surface area contributed by atoms with Crippen molar-refractivity contribution < 1.29 is 13.2 Å². The Bertz CT molecular complexity index is 331. The molecule has 0 saturated heterocycles. The fraction of sp³-hybridized carbons (Fsp3) is 0.923. The average Bonchev–Trinajstić information content (AvgIpc) is 3.08. The molecular weight excluding hydrogens is 255 g/mol. The molecule has 2 rings (SSSR count). The van der Waals surface area contributed by atoms with Gasteiger partial charge in [0, 0.05) is 20.1 Å². The molecule has 110 valence electrons. The zero-order chi connectivity index (χ0) is 13.9. The molecular formula is C13H22F3N3. The van der Waals surface area contributed by atoms with Gasteiger partial charge in [0.05, 0.1) is 6.42 Å². The lowest BCUT2D eigenvalue weighted by Gasteiger charge is -2.43. The number of nitrogens with one attached hydrogen (secondary N) is 2. The fourth-order valence-corrected chi connectivity index (χ4v) is 2.86. The van der Waals surface area contributed by atoms with Crippen molar-refractivity contribution >= 4 is 5.96 Å². The number of hydrogen-bond donors (Lipinski definition) is 2. The molecule has 2 fully saturated rings. The molecule has 0 aromatic heterocycles. The predicted molar refractivity (Wildman–Crippen MR) is 69.0 cm³/mol. The van der Waals surface area contributed by atoms with Gasteiger partial charge in [0.15, 0.2) is 5.96 Å². The van der Waals surface area contributed by atoms with Crippen LogP contribution in [0.25, 0.3) is 0 Å². The highest BCUT2D eigenvalue weighted by molar-refractivity contribution is 5.79. The molecule has 0 spiro atoms. The Morgan fingerprint density at radius 3 is 2.37 bits per heavy atom. The molecule has 0 heterocycles. The van der Waals surface area contributed by atoms with E-state index in [1.165, 1.54) is 32.1 Å². The van der Waals surface area contributed by atoms with E-state index < -0.39 is 12.6 Å². The molecule has 0 bridgehead atoms. The number of alkyl halides is 3. The summed E-state index contributed by atoms with van der Waals surface area (Å²) in [6.07, 6.45) is 1.42. The van der Waals surface area contributed by atoms with Crippen LogP contribution in [-0.2, 0) is 0 Å². The highest BCUT2D eigenvalue weighted by atomic mass is 19.4. The van der Waals surface area contributed by atoms with E-state index >= 15 is 0 Å². The molecule has 2 N–H and O–H groups in total. The first-order valence-corrected chi connectivity index (χ1v) is 6.96. The molecule has 0 unspecified atom stereocenters. The molecule has 0 radical (unpaired) electrons. The smallest absolute Gasteiger partial charge is 0.356 e. The van der Waals surface area contributed by atoms with Crippen LogP contribution in [0.1, 0.15) is 38.5 Å². The molecule has 0 aromatic carbocycles. The van der Waals surface area contributed by atoms with Crippen molar-refractivity contribution in [1.82, 2.24) is 10.6 Å². The van der Waals surface area contributed by atoms with Gasteiger partial charge < -0.3 is 10.6 Å². The Labute approximate surface area is 112 Å². The highest BCUT2D eigenvalue weighted by Crippen LogP contribution is 2.56. The van der Waals surface area contributed by atoms with Crippen LogP contribution < -0.4 is 10.6 Å². The second-order valence-electron chi connectivity index (χ2n) is 5.71. The molecule has 6 heteroatoms. The first-order chi connectivity index (χ1) is 8.95. The number of aliphatic imine (C=N–C) groups is 1. The van der Waals surface area contributed by atoms with Crippen molar-refractivity contribution in [2.45, 2.75) is 44.7 Å². The van der Waals surface area contributed by atoms with E-state index in [-0.39, 0.29) is 6.54 Å². The van der Waals surface area contributed by atoms with Gasteiger partial charge in [-0.05, 0) is 37.0 Å². The van der Waals surface area contributed by atoms with Crippen molar-refractivity contribution in [2.75, 3.05) is 20.1 Å². The molecule has 0 atom stereocenters. The van der Waals surface area contributed by atoms with Crippen LogP contribution in [0, 0.1) is 11.3 Å². The van der Waals surface area contributed by atoms with Crippen LogP contribution in [-0.4, -0.2) is 32.3 Å². The minimum absolute atomic E-state index is 0.125. The zero-order valence-electron chi connectivity index (χ0n) is 11.3. The number of guanidine groups is 1. The zero-order valence-corrected chi connectivity index (χ0v) is 11.3. The van der Waals surface area contributed by atoms with Crippen molar-refractivity contribution in [2.24, 2.45) is 16.3 Å². The second kappa shape index (κ2) is 5.59. The van der Waals surface area contributed by atoms with Crippen LogP contribution in [0.2, 0.25) is 0 Å². The van der Waals surface area contributed by atoms with Gasteiger partial charge >= 0.3 is 6.18 Å². The summed E-state index contributed by atoms with van der Waals surface area (Å²) in [6.45, 7) is 0.711. The van der Waals surface area contributed by atoms with Crippen molar-refractivity contribution in [1.29, 1.82) is 0 Å². The standard InChI is InChI=1S/C13H22F3N3/c1-17-11(18-8-7-13(14,15)16)19-9-12(5-2-6-12)10-3-4-10/h10H,2-9H2,1H3,(H2,17,18,19). The maximum absolute atomic E-state index is 12.1. The van der Waals surface area contributed by atoms with E-state index in [1.54, 1.807) is 7.05 Å². The van der Waals surface area contributed by atoms with E-state index in [0.29, 0.717) is 11.4 Å². The number of rotatable bonds is 5. The van der Waals surface area contributed by atoms with Gasteiger partial charge in [-0.25, -0.2) is 0 Å². The summed E-state index contributed by atoms with van der Waals surface area (Å²) in [4.78, 5) is 3.98. The van der Waals surface area contributed by atoms with Crippen LogP contribution in [0.4, 0.5) is 13.2 Å². The van der Waals surface area contributed by atoms with E-state index in [4.69, 9.17) is 0 Å². The van der Waals surface area contributed by atoms with Gasteiger partial charge in [0.1, 0.15) is 0 Å². The summed E-state index contributed by atoms with van der Waals surface area (Å²) < 4.78 is 36.2. The van der Waals surface area contributed by atoms with Gasteiger partial charge in [-0.15, -0.1) is 0 Å². The molecule has 2 aliphatic rings. The summed E-state index contributed by atoms with van der Waals surface area (Å²) in [7, 11) is 1.59. The lowest BCUT2D eigenvalue weighted by atomic mass is 9.65. The van der Waals surface area contributed by atoms with E-state index in [9.17, 15) is 13.2 Å². The van der Waals surface area contributed by atoms with Crippen molar-refractivity contribution in [3.8, 4) is 0 Å². The molecule has 0 aromatic rings. The Kier molecular flexibility index (Phi) is 4.26. The van der Waals surface area contributed by atoms with E-state index in [1.807, 2.05) is 0 Å². The van der Waals surface area contributed by atoms with Crippen molar-refractivity contribution in [3.05, 3.63) is 0 Å². The minimum atomic E-state index is -4.12. The third kappa shape index (κ3) is 4.01. The minimum Gasteiger partial charge on any atom is -0.356 e. The fourth-order valence-electron chi connectivity index (χ4n) is 2.86. The molecule has 19 heavy (non-hydrogen) atoms. The maximum Gasteiger partial charge on any atom is 0.390 e. The van der Waals surface area contributed by atoms with Gasteiger partial charge in [-0.3, -0.25) is 4.99 Å². The quantitative estimate of drug-likeness (QED) is 0.599. The lowest BCUT2D eigenvalue weighted by molar-refractivity contribution is -0.132. The van der Waals surface area contributed by atoms with Gasteiger partial charge in [0.2, 0.25) is 0 Å². The highest BCUT2D eigenvalue weighted by Gasteiger charge is 2.48. The Balaban J connectivity index is 1.71. The molecule has 0 aliphatic heterocycles. The normalized spacial score (nSPS) is 22.8. The number of halogens is 3. The SMILES string of the molecule is CN=C(NCCC(F)(F)F)NCC1(C2CC2)CCC1. The van der Waals surface area contributed by atoms with Crippen LogP contribution in [0.15, 0.2) is 4.99 Å². The lowest BCUT2D eigenvalue weighted by Crippen LogP contribution is -2.47. The third-order valence-electron chi connectivity index (χ3n) is 4.33. The molecule has 0 amide bonds. The Morgan fingerprint density at radius 1 is 1.26 bits per heavy atom. The Morgan fingerprint density at radius 2 is 1.95 bits per heavy atom. The number of hydrogen-bond acceptors (Lipinski definition) is 1. The third-order valence-corrected chi connectivity index (χ3v) is 4.33.